The molecule has 0 amide bonds. The van der Waals surface area contributed by atoms with E-state index in [9.17, 15) is 10.4 Å². The average Bonchev–Trinajstić information content (AvgIpc) is 2.17. The maximum atomic E-state index is 10.8. The molecule has 7 nitrogen and oxygen atoms in total. The standard InChI is InChI=1S/C6H17N5O2/c7-3-1-5-10(6-2-4-8)11(13)9-12/h12H,1-8H2/p-1/b11-9+. The van der Waals surface area contributed by atoms with Crippen molar-refractivity contribution in [2.75, 3.05) is 26.2 Å². The average molecular weight is 190 g/mol. The molecule has 4 N–H and O–H groups in total. The third kappa shape index (κ3) is 5.21. The van der Waals surface area contributed by atoms with Crippen LogP contribution in [0.1, 0.15) is 12.8 Å². The van der Waals surface area contributed by atoms with Gasteiger partial charge in [-0.2, -0.15) is 0 Å². The molecule has 0 radical (unpaired) electrons. The van der Waals surface area contributed by atoms with Crippen LogP contribution >= 0.6 is 0 Å². The SMILES string of the molecule is NCCCN(CCCN)/[N+]([O-])=N\[O-]. The predicted molar refractivity (Wildman–Crippen MR) is 48.3 cm³/mol. The largest absolute Gasteiger partial charge is 0.737 e. The topological polar surface area (TPSA) is 117 Å². The third-order valence-corrected chi connectivity index (χ3v) is 1.55. The highest BCUT2D eigenvalue weighted by Crippen LogP contribution is 1.94. The van der Waals surface area contributed by atoms with E-state index in [1.54, 1.807) is 0 Å². The molecular weight excluding hydrogens is 174 g/mol. The van der Waals surface area contributed by atoms with Gasteiger partial charge >= 0.3 is 0 Å². The van der Waals surface area contributed by atoms with Crippen LogP contribution in [0.3, 0.4) is 0 Å². The van der Waals surface area contributed by atoms with Crippen molar-refractivity contribution in [1.82, 2.24) is 5.01 Å². The van der Waals surface area contributed by atoms with Gasteiger partial charge in [-0.25, -0.2) is 0 Å². The molecule has 0 saturated carbocycles. The summed E-state index contributed by atoms with van der Waals surface area (Å²) in [7, 11) is 0. The molecule has 0 aromatic rings. The zero-order chi connectivity index (χ0) is 10.1. The Morgan fingerprint density at radius 3 is 1.92 bits per heavy atom. The van der Waals surface area contributed by atoms with E-state index in [1.165, 1.54) is 5.01 Å². The molecule has 0 saturated heterocycles. The van der Waals surface area contributed by atoms with Gasteiger partial charge in [-0.1, -0.05) is 0 Å². The van der Waals surface area contributed by atoms with E-state index in [0.717, 1.165) is 0 Å². The summed E-state index contributed by atoms with van der Waals surface area (Å²) >= 11 is 0. The number of hydrogen-bond donors (Lipinski definition) is 2. The number of rotatable bonds is 7. The second-order valence-corrected chi connectivity index (χ2v) is 2.57. The molecule has 78 valence electrons. The van der Waals surface area contributed by atoms with Gasteiger partial charge in [-0.3, -0.25) is 0 Å². The van der Waals surface area contributed by atoms with Crippen molar-refractivity contribution >= 4 is 0 Å². The van der Waals surface area contributed by atoms with Gasteiger partial charge in [0.25, 0.3) is 0 Å². The van der Waals surface area contributed by atoms with E-state index in [2.05, 4.69) is 5.28 Å². The van der Waals surface area contributed by atoms with Crippen LogP contribution in [0.25, 0.3) is 0 Å². The van der Waals surface area contributed by atoms with Crippen LogP contribution in [0.15, 0.2) is 5.28 Å². The molecule has 0 rings (SSSR count). The molecule has 0 heterocycles. The summed E-state index contributed by atoms with van der Waals surface area (Å²) in [6, 6.07) is 0. The highest BCUT2D eigenvalue weighted by molar-refractivity contribution is 4.48. The van der Waals surface area contributed by atoms with Gasteiger partial charge in [0, 0.05) is 4.97 Å². The summed E-state index contributed by atoms with van der Waals surface area (Å²) in [6.07, 6.45) is 1.30. The molecule has 0 aromatic carbocycles. The van der Waals surface area contributed by atoms with Gasteiger partial charge in [-0.15, -0.1) is 5.01 Å². The Kier molecular flexibility index (Phi) is 6.93. The lowest BCUT2D eigenvalue weighted by Gasteiger charge is -2.18. The van der Waals surface area contributed by atoms with E-state index >= 15 is 0 Å². The van der Waals surface area contributed by atoms with E-state index in [4.69, 9.17) is 11.5 Å². The van der Waals surface area contributed by atoms with Crippen LogP contribution in [0.2, 0.25) is 0 Å². The van der Waals surface area contributed by atoms with Crippen LogP contribution in [-0.4, -0.2) is 36.2 Å². The van der Waals surface area contributed by atoms with Crippen molar-refractivity contribution in [3.63, 3.8) is 0 Å². The summed E-state index contributed by atoms with van der Waals surface area (Å²) in [5.74, 6) is 0. The Labute approximate surface area is 77.1 Å². The minimum absolute atomic E-state index is 0.0469. The fraction of sp³-hybridized carbons (Fsp3) is 1.00. The first-order valence-electron chi connectivity index (χ1n) is 4.21. The van der Waals surface area contributed by atoms with Gasteiger partial charge < -0.3 is 21.9 Å². The second-order valence-electron chi connectivity index (χ2n) is 2.57. The molecular formula is C6H16N5O2-. The van der Waals surface area contributed by atoms with Gasteiger partial charge in [0.05, 0.1) is 13.1 Å². The van der Waals surface area contributed by atoms with Crippen LogP contribution in [0.5, 0.6) is 0 Å². The molecule has 0 aliphatic heterocycles. The fourth-order valence-electron chi connectivity index (χ4n) is 0.882. The number of hydrogen-bond acceptors (Lipinski definition) is 5. The quantitative estimate of drug-likeness (QED) is 0.314. The monoisotopic (exact) mass is 190 g/mol. The molecule has 0 bridgehead atoms. The van der Waals surface area contributed by atoms with Crippen molar-refractivity contribution in [3.05, 3.63) is 10.4 Å². The van der Waals surface area contributed by atoms with Gasteiger partial charge in [-0.05, 0) is 31.2 Å². The van der Waals surface area contributed by atoms with Crippen molar-refractivity contribution in [3.8, 4) is 0 Å². The van der Waals surface area contributed by atoms with Crippen molar-refractivity contribution in [1.29, 1.82) is 0 Å². The first-order valence-corrected chi connectivity index (χ1v) is 4.21. The molecule has 13 heavy (non-hydrogen) atoms. The zero-order valence-corrected chi connectivity index (χ0v) is 7.56. The highest BCUT2D eigenvalue weighted by atomic mass is 16.6. The highest BCUT2D eigenvalue weighted by Gasteiger charge is 2.08. The first kappa shape index (κ1) is 11.9. The molecule has 0 aromatic heterocycles. The lowest BCUT2D eigenvalue weighted by atomic mass is 10.4. The fourth-order valence-corrected chi connectivity index (χ4v) is 0.882. The minimum atomic E-state index is 0.0469. The summed E-state index contributed by atoms with van der Waals surface area (Å²) in [5, 5.41) is 24.3. The summed E-state index contributed by atoms with van der Waals surface area (Å²) in [5.41, 5.74) is 10.5. The zero-order valence-electron chi connectivity index (χ0n) is 7.56. The lowest BCUT2D eigenvalue weighted by Crippen LogP contribution is -2.34. The summed E-state index contributed by atoms with van der Waals surface area (Å²) in [6.45, 7) is 1.83. The summed E-state index contributed by atoms with van der Waals surface area (Å²) in [4.78, 5) is 0.0469. The Bertz CT molecular complexity index is 144. The van der Waals surface area contributed by atoms with Crippen LogP contribution in [0.4, 0.5) is 0 Å². The molecule has 7 heteroatoms. The van der Waals surface area contributed by atoms with Gasteiger partial charge in [0.1, 0.15) is 0 Å². The minimum Gasteiger partial charge on any atom is -0.737 e. The van der Waals surface area contributed by atoms with Crippen LogP contribution < -0.4 is 11.5 Å². The predicted octanol–water partition coefficient (Wildman–Crippen LogP) is -0.639. The van der Waals surface area contributed by atoms with Crippen molar-refractivity contribution in [2.45, 2.75) is 12.8 Å². The van der Waals surface area contributed by atoms with Gasteiger partial charge in [0.15, 0.2) is 0 Å². The van der Waals surface area contributed by atoms with Crippen molar-refractivity contribution in [2.24, 2.45) is 16.7 Å². The Morgan fingerprint density at radius 2 is 1.62 bits per heavy atom. The number of nitrogens with zero attached hydrogens (tertiary/aromatic N) is 3. The lowest BCUT2D eigenvalue weighted by molar-refractivity contribution is -0.690. The summed E-state index contributed by atoms with van der Waals surface area (Å²) < 4.78 is 0. The van der Waals surface area contributed by atoms with Crippen molar-refractivity contribution < 1.29 is 4.97 Å². The molecule has 0 spiro atoms. The number of nitrogens with two attached hydrogens (primary N) is 2. The molecule has 0 fully saturated rings. The molecule has 0 unspecified atom stereocenters. The van der Waals surface area contributed by atoms with Crippen LogP contribution in [-0.2, 0) is 0 Å². The number of hydrazine groups is 1. The first-order chi connectivity index (χ1) is 6.26. The Balaban J connectivity index is 3.87. The maximum absolute atomic E-state index is 10.8. The normalized spacial score (nSPS) is 11.7. The Morgan fingerprint density at radius 1 is 1.15 bits per heavy atom. The van der Waals surface area contributed by atoms with E-state index < -0.39 is 0 Å². The molecule has 0 atom stereocenters. The van der Waals surface area contributed by atoms with Gasteiger partial charge in [0.2, 0.25) is 0 Å². The smallest absolute Gasteiger partial charge is 0.0779 e. The third-order valence-electron chi connectivity index (χ3n) is 1.55. The van der Waals surface area contributed by atoms with E-state index in [1.807, 2.05) is 0 Å². The Hall–Kier alpha value is -1.08. The van der Waals surface area contributed by atoms with Crippen LogP contribution in [0, 0.1) is 10.4 Å². The molecule has 0 aliphatic rings. The maximum Gasteiger partial charge on any atom is 0.0779 e. The molecule has 0 aliphatic carbocycles. The second kappa shape index (κ2) is 7.56. The van der Waals surface area contributed by atoms with E-state index in [0.29, 0.717) is 39.0 Å². The van der Waals surface area contributed by atoms with E-state index in [-0.39, 0.29) is 4.97 Å².